The van der Waals surface area contributed by atoms with E-state index in [-0.39, 0.29) is 24.0 Å². The molecule has 1 aliphatic carbocycles. The lowest BCUT2D eigenvalue weighted by atomic mass is 10.2. The topological polar surface area (TPSA) is 68.5 Å². The van der Waals surface area contributed by atoms with Crippen molar-refractivity contribution in [3.05, 3.63) is 33.6 Å². The van der Waals surface area contributed by atoms with E-state index in [0.29, 0.717) is 30.6 Å². The summed E-state index contributed by atoms with van der Waals surface area (Å²) < 4.78 is 10.8. The first-order chi connectivity index (χ1) is 11.6. The molecule has 24 heavy (non-hydrogen) atoms. The number of ether oxygens (including phenoxy) is 1. The van der Waals surface area contributed by atoms with Crippen molar-refractivity contribution in [3.63, 3.8) is 0 Å². The average Bonchev–Trinajstić information content (AvgIpc) is 2.90. The number of aryl methyl sites for hydroxylation is 2. The van der Waals surface area contributed by atoms with Gasteiger partial charge in [-0.05, 0) is 32.4 Å². The normalized spacial score (nSPS) is 29.2. The Morgan fingerprint density at radius 2 is 2.21 bits per heavy atom. The van der Waals surface area contributed by atoms with Crippen molar-refractivity contribution < 1.29 is 14.1 Å². The van der Waals surface area contributed by atoms with Gasteiger partial charge in [0.1, 0.15) is 6.04 Å². The van der Waals surface area contributed by atoms with Crippen LogP contribution in [-0.2, 0) is 9.53 Å². The van der Waals surface area contributed by atoms with Crippen LogP contribution in [0.2, 0.25) is 0 Å². The molecular weight excluding hydrogens is 326 g/mol. The van der Waals surface area contributed by atoms with Crippen LogP contribution in [0.25, 0.3) is 0 Å². The van der Waals surface area contributed by atoms with E-state index in [1.807, 2.05) is 4.90 Å². The Morgan fingerprint density at radius 3 is 2.83 bits per heavy atom. The van der Waals surface area contributed by atoms with E-state index in [1.165, 1.54) is 9.75 Å². The smallest absolute Gasteiger partial charge is 0.249 e. The second-order valence-electron chi connectivity index (χ2n) is 6.68. The minimum atomic E-state index is -0.171. The van der Waals surface area contributed by atoms with Gasteiger partial charge in [-0.15, -0.1) is 11.3 Å². The Balaban J connectivity index is 1.52. The minimum absolute atomic E-state index is 0.0207. The zero-order valence-electron chi connectivity index (χ0n) is 14.1. The average molecular weight is 347 g/mol. The van der Waals surface area contributed by atoms with Crippen molar-refractivity contribution in [3.8, 4) is 0 Å². The maximum absolute atomic E-state index is 13.0. The highest BCUT2D eigenvalue weighted by Crippen LogP contribution is 2.52. The summed E-state index contributed by atoms with van der Waals surface area (Å²) in [7, 11) is 1.68. The fourth-order valence-electron chi connectivity index (χ4n) is 3.54. The molecule has 0 bridgehead atoms. The first kappa shape index (κ1) is 15.8. The van der Waals surface area contributed by atoms with Gasteiger partial charge in [0, 0.05) is 41.7 Å². The third kappa shape index (κ3) is 2.75. The molecule has 0 radical (unpaired) electrons. The van der Waals surface area contributed by atoms with Gasteiger partial charge in [-0.2, -0.15) is 4.98 Å². The summed E-state index contributed by atoms with van der Waals surface area (Å²) in [5.74, 6) is 1.74. The van der Waals surface area contributed by atoms with Gasteiger partial charge >= 0.3 is 0 Å². The molecule has 0 N–H and O–H groups in total. The van der Waals surface area contributed by atoms with Crippen LogP contribution in [0.1, 0.15) is 46.3 Å². The molecular formula is C17H21N3O3S. The molecule has 2 aromatic heterocycles. The zero-order chi connectivity index (χ0) is 16.8. The van der Waals surface area contributed by atoms with E-state index in [1.54, 1.807) is 25.4 Å². The van der Waals surface area contributed by atoms with Gasteiger partial charge in [0.15, 0.2) is 5.82 Å². The molecule has 7 heteroatoms. The number of thiophene rings is 1. The van der Waals surface area contributed by atoms with Crippen molar-refractivity contribution in [2.75, 3.05) is 13.7 Å². The fraction of sp³-hybridized carbons (Fsp3) is 0.588. The number of hydrogen-bond donors (Lipinski definition) is 0. The van der Waals surface area contributed by atoms with Crippen LogP contribution in [-0.4, -0.2) is 40.7 Å². The number of carbonyl (C=O) groups excluding carboxylic acids is 1. The molecule has 6 nitrogen and oxygen atoms in total. The number of likely N-dealkylation sites (tertiary alicyclic amines) is 1. The van der Waals surface area contributed by atoms with E-state index in [4.69, 9.17) is 9.26 Å². The summed E-state index contributed by atoms with van der Waals surface area (Å²) in [6.07, 6.45) is 1.66. The number of nitrogens with zero attached hydrogens (tertiary/aromatic N) is 3. The van der Waals surface area contributed by atoms with Gasteiger partial charge in [0.05, 0.1) is 6.10 Å². The summed E-state index contributed by atoms with van der Waals surface area (Å²) in [5.41, 5.74) is 0. The van der Waals surface area contributed by atoms with Crippen molar-refractivity contribution in [1.29, 1.82) is 0 Å². The monoisotopic (exact) mass is 347 g/mol. The molecule has 1 saturated carbocycles. The lowest BCUT2D eigenvalue weighted by Crippen LogP contribution is -2.33. The van der Waals surface area contributed by atoms with E-state index in [9.17, 15) is 4.79 Å². The second kappa shape index (κ2) is 5.97. The number of amides is 1. The molecule has 0 spiro atoms. The van der Waals surface area contributed by atoms with Crippen LogP contribution >= 0.6 is 11.3 Å². The van der Waals surface area contributed by atoms with Gasteiger partial charge in [-0.1, -0.05) is 5.16 Å². The summed E-state index contributed by atoms with van der Waals surface area (Å²) in [6.45, 7) is 4.48. The van der Waals surface area contributed by atoms with Crippen LogP contribution in [0, 0.1) is 19.8 Å². The second-order valence-corrected chi connectivity index (χ2v) is 8.00. The molecule has 2 aromatic rings. The maximum atomic E-state index is 13.0. The van der Waals surface area contributed by atoms with Crippen LogP contribution in [0.3, 0.4) is 0 Å². The van der Waals surface area contributed by atoms with E-state index < -0.39 is 0 Å². The minimum Gasteiger partial charge on any atom is -0.380 e. The molecule has 1 aliphatic heterocycles. The lowest BCUT2D eigenvalue weighted by molar-refractivity contribution is -0.134. The van der Waals surface area contributed by atoms with Gasteiger partial charge in [-0.3, -0.25) is 4.79 Å². The summed E-state index contributed by atoms with van der Waals surface area (Å²) >= 11 is 1.79. The Bertz CT molecular complexity index is 756. The first-order valence-corrected chi connectivity index (χ1v) is 9.08. The first-order valence-electron chi connectivity index (χ1n) is 8.26. The van der Waals surface area contributed by atoms with Gasteiger partial charge in [0.25, 0.3) is 0 Å². The molecule has 2 fully saturated rings. The molecule has 3 heterocycles. The number of hydrogen-bond acceptors (Lipinski definition) is 6. The molecule has 1 saturated heterocycles. The largest absolute Gasteiger partial charge is 0.380 e. The van der Waals surface area contributed by atoms with E-state index in [2.05, 4.69) is 29.2 Å². The molecule has 0 aromatic carbocycles. The Labute approximate surface area is 144 Å². The van der Waals surface area contributed by atoms with E-state index in [0.717, 1.165) is 6.42 Å². The molecule has 4 atom stereocenters. The molecule has 2 aliphatic rings. The van der Waals surface area contributed by atoms with Crippen molar-refractivity contribution in [2.24, 2.45) is 5.92 Å². The highest BCUT2D eigenvalue weighted by molar-refractivity contribution is 7.12. The highest BCUT2D eigenvalue weighted by Gasteiger charge is 2.50. The zero-order valence-corrected chi connectivity index (χ0v) is 14.9. The standard InChI is InChI=1S/C17H21N3O3S/c1-9-4-5-15(24-9)12-7-13(12)17(21)20-8-11(22-3)6-14(20)16-18-10(2)19-23-16/h4-5,11-14H,6-8H2,1-3H3/t11-,12?,13?,14+/m0/s1. The van der Waals surface area contributed by atoms with Crippen molar-refractivity contribution in [2.45, 2.75) is 44.8 Å². The molecule has 4 rings (SSSR count). The number of rotatable bonds is 4. The number of methoxy groups -OCH3 is 1. The highest BCUT2D eigenvalue weighted by atomic mass is 32.1. The number of aromatic nitrogens is 2. The summed E-state index contributed by atoms with van der Waals surface area (Å²) in [4.78, 5) is 21.9. The van der Waals surface area contributed by atoms with E-state index >= 15 is 0 Å². The predicted octanol–water partition coefficient (Wildman–Crippen LogP) is 2.84. The summed E-state index contributed by atoms with van der Waals surface area (Å²) in [6, 6.07) is 4.11. The predicted molar refractivity (Wildman–Crippen MR) is 88.8 cm³/mol. The van der Waals surface area contributed by atoms with Gasteiger partial charge < -0.3 is 14.2 Å². The van der Waals surface area contributed by atoms with Crippen molar-refractivity contribution >= 4 is 17.2 Å². The summed E-state index contributed by atoms with van der Waals surface area (Å²) in [5, 5.41) is 3.87. The van der Waals surface area contributed by atoms with Crippen LogP contribution < -0.4 is 0 Å². The van der Waals surface area contributed by atoms with Crippen LogP contribution in [0.4, 0.5) is 0 Å². The Kier molecular flexibility index (Phi) is 3.92. The fourth-order valence-corrected chi connectivity index (χ4v) is 4.60. The quantitative estimate of drug-likeness (QED) is 0.851. The molecule has 128 valence electrons. The van der Waals surface area contributed by atoms with Gasteiger partial charge in [-0.25, -0.2) is 0 Å². The third-order valence-corrected chi connectivity index (χ3v) is 6.07. The van der Waals surface area contributed by atoms with Crippen LogP contribution in [0.15, 0.2) is 16.7 Å². The third-order valence-electron chi connectivity index (χ3n) is 4.94. The number of carbonyl (C=O) groups is 1. The molecule has 1 amide bonds. The Morgan fingerprint density at radius 1 is 1.38 bits per heavy atom. The maximum Gasteiger partial charge on any atom is 0.249 e. The molecule has 2 unspecified atom stereocenters. The van der Waals surface area contributed by atoms with Crippen molar-refractivity contribution in [1.82, 2.24) is 15.0 Å². The van der Waals surface area contributed by atoms with Crippen LogP contribution in [0.5, 0.6) is 0 Å². The van der Waals surface area contributed by atoms with Gasteiger partial charge in [0.2, 0.25) is 11.8 Å². The Hall–Kier alpha value is -1.73. The SMILES string of the molecule is CO[C@H]1C[C@H](c2nc(C)no2)N(C(=O)C2CC2c2ccc(C)s2)C1. The lowest BCUT2D eigenvalue weighted by Gasteiger charge is -2.21.